The van der Waals surface area contributed by atoms with E-state index in [-0.39, 0.29) is 6.92 Å². The van der Waals surface area contributed by atoms with Crippen LogP contribution in [0.25, 0.3) is 0 Å². The number of halogens is 21. The molecule has 0 atom stereocenters. The third-order valence-electron chi connectivity index (χ3n) is 4.12. The molecule has 0 saturated heterocycles. The van der Waals surface area contributed by atoms with E-state index in [0.717, 1.165) is 0 Å². The molecule has 0 fully saturated rings. The second kappa shape index (κ2) is 8.63. The molecule has 0 rings (SSSR count). The van der Waals surface area contributed by atoms with Crippen LogP contribution in [0.5, 0.6) is 0 Å². The predicted octanol–water partition coefficient (Wildman–Crippen LogP) is 7.34. The molecule has 0 unspecified atom stereocenters. The fourth-order valence-electron chi connectivity index (χ4n) is 1.97. The lowest BCUT2D eigenvalue weighted by atomic mass is 9.83. The number of alkyl halides is 21. The van der Waals surface area contributed by atoms with E-state index < -0.39 is 71.2 Å². The van der Waals surface area contributed by atoms with Crippen molar-refractivity contribution in [3.05, 3.63) is 12.2 Å². The molecule has 0 aromatic heterocycles. The Morgan fingerprint density at radius 3 is 0.973 bits per heavy atom. The molecule has 0 spiro atoms. The van der Waals surface area contributed by atoms with Gasteiger partial charge in [0.15, 0.2) is 0 Å². The molecule has 0 bridgehead atoms. The molecular formula is C14H5F21O2. The highest BCUT2D eigenvalue weighted by atomic mass is 19.4. The molecule has 0 radical (unpaired) electrons. The number of ether oxygens (including phenoxy) is 1. The highest BCUT2D eigenvalue weighted by molar-refractivity contribution is 5.87. The number of carbonyl (C=O) groups is 1. The molecule has 0 heterocycles. The maximum absolute atomic E-state index is 13.5. The van der Waals surface area contributed by atoms with Crippen LogP contribution in [0.15, 0.2) is 12.2 Å². The van der Waals surface area contributed by atoms with Gasteiger partial charge in [0.1, 0.15) is 0 Å². The molecule has 0 aromatic rings. The summed E-state index contributed by atoms with van der Waals surface area (Å²) in [6.45, 7) is 2.67. The Labute approximate surface area is 188 Å². The highest BCUT2D eigenvalue weighted by Crippen LogP contribution is 2.67. The fourth-order valence-corrected chi connectivity index (χ4v) is 1.97. The quantitative estimate of drug-likeness (QED) is 0.157. The highest BCUT2D eigenvalue weighted by Gasteiger charge is 2.99. The summed E-state index contributed by atoms with van der Waals surface area (Å²) in [7, 11) is 0. The van der Waals surface area contributed by atoms with Crippen molar-refractivity contribution < 1.29 is 102 Å². The van der Waals surface area contributed by atoms with E-state index in [1.165, 1.54) is 0 Å². The van der Waals surface area contributed by atoms with Crippen molar-refractivity contribution in [2.24, 2.45) is 0 Å². The summed E-state index contributed by atoms with van der Waals surface area (Å²) in [5.41, 5.74) is -10.4. The van der Waals surface area contributed by atoms with Gasteiger partial charge >= 0.3 is 65.6 Å². The van der Waals surface area contributed by atoms with Crippen LogP contribution in [-0.2, 0) is 9.53 Å². The molecule has 0 amide bonds. The lowest BCUT2D eigenvalue weighted by molar-refractivity contribution is -0.484. The molecule has 0 N–H and O–H groups in total. The first kappa shape index (κ1) is 34.7. The zero-order chi connectivity index (χ0) is 30.9. The first-order valence-electron chi connectivity index (χ1n) is 7.93. The van der Waals surface area contributed by atoms with Gasteiger partial charge in [-0.2, -0.15) is 87.8 Å². The number of hydrogen-bond acceptors (Lipinski definition) is 2. The van der Waals surface area contributed by atoms with E-state index in [9.17, 15) is 97.0 Å². The summed E-state index contributed by atoms with van der Waals surface area (Å²) in [6.07, 6.45) is -24.4. The van der Waals surface area contributed by atoms with E-state index in [0.29, 0.717) is 0 Å². The summed E-state index contributed by atoms with van der Waals surface area (Å²) in [4.78, 5) is 10.8. The summed E-state index contributed by atoms with van der Waals surface area (Å²) >= 11 is 0. The van der Waals surface area contributed by atoms with Gasteiger partial charge in [-0.05, 0) is 6.92 Å². The van der Waals surface area contributed by atoms with Gasteiger partial charge in [0.2, 0.25) is 0 Å². The van der Waals surface area contributed by atoms with Gasteiger partial charge in [-0.3, -0.25) is 0 Å². The van der Waals surface area contributed by atoms with Crippen LogP contribution in [0.1, 0.15) is 6.92 Å². The molecule has 2 nitrogen and oxygen atoms in total. The monoisotopic (exact) mass is 604 g/mol. The van der Waals surface area contributed by atoms with Gasteiger partial charge in [0.25, 0.3) is 0 Å². The second-order valence-electron chi connectivity index (χ2n) is 6.79. The summed E-state index contributed by atoms with van der Waals surface area (Å²) < 4.78 is 278. The number of rotatable bonds is 9. The van der Waals surface area contributed by atoms with Crippen LogP contribution < -0.4 is 0 Å². The fraction of sp³-hybridized carbons (Fsp3) is 0.786. The molecule has 0 aliphatic heterocycles. The molecule has 0 aliphatic carbocycles. The van der Waals surface area contributed by atoms with Crippen molar-refractivity contribution in [2.45, 2.75) is 66.6 Å². The lowest BCUT2D eigenvalue weighted by Crippen LogP contribution is -2.78. The summed E-state index contributed by atoms with van der Waals surface area (Å²) in [5, 5.41) is 0. The minimum Gasteiger partial charge on any atom is -0.393 e. The Kier molecular flexibility index (Phi) is 8.10. The predicted molar refractivity (Wildman–Crippen MR) is 71.5 cm³/mol. The number of esters is 1. The van der Waals surface area contributed by atoms with Crippen LogP contribution in [0, 0.1) is 0 Å². The Hall–Kier alpha value is -2.26. The van der Waals surface area contributed by atoms with Crippen molar-refractivity contribution in [2.75, 3.05) is 0 Å². The van der Waals surface area contributed by atoms with E-state index in [4.69, 9.17) is 0 Å². The van der Waals surface area contributed by atoms with Gasteiger partial charge in [-0.1, -0.05) is 6.58 Å². The first-order chi connectivity index (χ1) is 15.6. The van der Waals surface area contributed by atoms with Crippen LogP contribution in [0.3, 0.4) is 0 Å². The molecule has 0 aliphatic rings. The average molecular weight is 604 g/mol. The van der Waals surface area contributed by atoms with Crippen LogP contribution in [0.2, 0.25) is 0 Å². The van der Waals surface area contributed by atoms with Crippen molar-refractivity contribution in [3.63, 3.8) is 0 Å². The minimum atomic E-state index is -9.35. The standard InChI is InChI=1S/C14H5F21O2/c1-3(2)4(36)37-14(34,35)11(26,27)10(24,25)9(22,23)8(20,21)7(18,19)6(16,17)5(15,12(28,29)30)13(31,32)33/h1H2,2H3. The van der Waals surface area contributed by atoms with Gasteiger partial charge in [0.05, 0.1) is 0 Å². The van der Waals surface area contributed by atoms with Gasteiger partial charge in [-0.25, -0.2) is 9.18 Å². The zero-order valence-corrected chi connectivity index (χ0v) is 16.5. The van der Waals surface area contributed by atoms with Gasteiger partial charge in [-0.15, -0.1) is 0 Å². The van der Waals surface area contributed by atoms with E-state index in [1.807, 2.05) is 0 Å². The molecule has 0 saturated carbocycles. The topological polar surface area (TPSA) is 26.3 Å². The van der Waals surface area contributed by atoms with Crippen molar-refractivity contribution >= 4 is 5.97 Å². The minimum absolute atomic E-state index is 0.282. The maximum Gasteiger partial charge on any atom is 0.473 e. The SMILES string of the molecule is C=C(C)C(=O)OC(F)(F)C(F)(F)C(F)(F)C(F)(F)C(F)(F)C(F)(F)C(F)(F)C(F)(C(F)(F)F)C(F)(F)F. The Morgan fingerprint density at radius 1 is 0.486 bits per heavy atom. The lowest BCUT2D eigenvalue weighted by Gasteiger charge is -2.45. The number of hydrogen-bond donors (Lipinski definition) is 0. The van der Waals surface area contributed by atoms with E-state index >= 15 is 0 Å². The molecular weight excluding hydrogens is 599 g/mol. The molecule has 220 valence electrons. The van der Waals surface area contributed by atoms with Crippen molar-refractivity contribution in [1.82, 2.24) is 0 Å². The molecule has 23 heteroatoms. The zero-order valence-electron chi connectivity index (χ0n) is 16.5. The second-order valence-corrected chi connectivity index (χ2v) is 6.79. The smallest absolute Gasteiger partial charge is 0.393 e. The van der Waals surface area contributed by atoms with E-state index in [2.05, 4.69) is 11.3 Å². The normalized spacial score (nSPS) is 16.1. The third kappa shape index (κ3) is 4.42. The Bertz CT molecular complexity index is 878. The average Bonchev–Trinajstić information content (AvgIpc) is 2.63. The Balaban J connectivity index is 7.20. The summed E-state index contributed by atoms with van der Waals surface area (Å²) in [5.74, 6) is -57.2. The third-order valence-corrected chi connectivity index (χ3v) is 4.12. The van der Waals surface area contributed by atoms with Crippen LogP contribution >= 0.6 is 0 Å². The first-order valence-corrected chi connectivity index (χ1v) is 7.93. The van der Waals surface area contributed by atoms with Crippen LogP contribution in [0.4, 0.5) is 92.2 Å². The van der Waals surface area contributed by atoms with Crippen molar-refractivity contribution in [1.29, 1.82) is 0 Å². The van der Waals surface area contributed by atoms with Gasteiger partial charge in [0, 0.05) is 5.57 Å². The summed E-state index contributed by atoms with van der Waals surface area (Å²) in [6, 6.07) is 0. The van der Waals surface area contributed by atoms with Gasteiger partial charge < -0.3 is 4.74 Å². The molecule has 0 aromatic carbocycles. The Morgan fingerprint density at radius 2 is 0.730 bits per heavy atom. The van der Waals surface area contributed by atoms with Crippen molar-refractivity contribution in [3.8, 4) is 0 Å². The largest absolute Gasteiger partial charge is 0.473 e. The van der Waals surface area contributed by atoms with Crippen LogP contribution in [-0.4, -0.2) is 65.6 Å². The van der Waals surface area contributed by atoms with E-state index in [1.54, 1.807) is 0 Å². The maximum atomic E-state index is 13.5. The number of carbonyl (C=O) groups excluding carboxylic acids is 1. The molecule has 37 heavy (non-hydrogen) atoms.